The molecule has 0 aliphatic heterocycles. The molecular formula is C21H17ClN2O8. The van der Waals surface area contributed by atoms with Crippen LogP contribution in [0, 0.1) is 10.1 Å². The highest BCUT2D eigenvalue weighted by atomic mass is 35.5. The molecule has 2 aromatic carbocycles. The molecule has 11 heteroatoms. The van der Waals surface area contributed by atoms with E-state index in [9.17, 15) is 29.6 Å². The molecule has 0 bridgehead atoms. The maximum Gasteiger partial charge on any atom is 0.414 e. The number of non-ortho nitro benzene ring substituents is 1. The number of carbonyl (C=O) groups is 2. The molecule has 0 radical (unpaired) electrons. The van der Waals surface area contributed by atoms with Crippen LogP contribution in [0.15, 0.2) is 45.6 Å². The van der Waals surface area contributed by atoms with Gasteiger partial charge in [-0.05, 0) is 17.2 Å². The number of nitrogens with zero attached hydrogens (tertiary/aromatic N) is 2. The lowest BCUT2D eigenvalue weighted by molar-refractivity contribution is -0.384. The first-order valence-corrected chi connectivity index (χ1v) is 9.57. The van der Waals surface area contributed by atoms with Gasteiger partial charge in [0.15, 0.2) is 5.75 Å². The number of aliphatic carboxylic acids is 1. The number of amides is 1. The lowest BCUT2D eigenvalue weighted by atomic mass is 9.96. The number of nitro benzene ring substituents is 1. The molecule has 3 aromatic rings. The number of fused-ring (bicyclic) bond motifs is 1. The summed E-state index contributed by atoms with van der Waals surface area (Å²) in [6, 6.07) is 8.25. The molecule has 0 saturated carbocycles. The second kappa shape index (κ2) is 9.06. The van der Waals surface area contributed by atoms with Crippen LogP contribution in [0.5, 0.6) is 5.75 Å². The number of halogens is 1. The number of carbonyl (C=O) groups excluding carboxylic acids is 1. The highest BCUT2D eigenvalue weighted by Gasteiger charge is 2.21. The number of rotatable bonds is 6. The molecule has 0 aliphatic carbocycles. The van der Waals surface area contributed by atoms with Crippen LogP contribution in [0.3, 0.4) is 0 Å². The Kier molecular flexibility index (Phi) is 6.45. The Morgan fingerprint density at radius 1 is 1.22 bits per heavy atom. The molecule has 3 rings (SSSR count). The monoisotopic (exact) mass is 460 g/mol. The van der Waals surface area contributed by atoms with E-state index in [1.54, 1.807) is 6.07 Å². The maximum absolute atomic E-state index is 12.7. The van der Waals surface area contributed by atoms with Gasteiger partial charge in [0, 0.05) is 49.7 Å². The van der Waals surface area contributed by atoms with Crippen LogP contribution in [0.2, 0.25) is 5.02 Å². The normalized spacial score (nSPS) is 10.7. The van der Waals surface area contributed by atoms with E-state index in [0.29, 0.717) is 5.56 Å². The number of hydrogen-bond donors (Lipinski definition) is 1. The Morgan fingerprint density at radius 3 is 2.56 bits per heavy atom. The van der Waals surface area contributed by atoms with Crippen LogP contribution < -0.4 is 10.4 Å². The lowest BCUT2D eigenvalue weighted by Crippen LogP contribution is -2.25. The first kappa shape index (κ1) is 22.8. The molecule has 0 unspecified atom stereocenters. The summed E-state index contributed by atoms with van der Waals surface area (Å²) in [7, 11) is 2.95. The van der Waals surface area contributed by atoms with Gasteiger partial charge in [-0.3, -0.25) is 14.9 Å². The van der Waals surface area contributed by atoms with Crippen LogP contribution in [-0.2, 0) is 17.6 Å². The summed E-state index contributed by atoms with van der Waals surface area (Å²) >= 11 is 6.23. The van der Waals surface area contributed by atoms with E-state index in [4.69, 9.17) is 20.8 Å². The first-order chi connectivity index (χ1) is 15.1. The van der Waals surface area contributed by atoms with Crippen LogP contribution in [-0.4, -0.2) is 41.1 Å². The highest BCUT2D eigenvalue weighted by Crippen LogP contribution is 2.33. The number of carboxylic acid groups (broad SMARTS) is 1. The maximum atomic E-state index is 12.7. The third kappa shape index (κ3) is 4.86. The van der Waals surface area contributed by atoms with Gasteiger partial charge in [0.25, 0.3) is 5.69 Å². The molecule has 1 N–H and O–H groups in total. The van der Waals surface area contributed by atoms with Crippen molar-refractivity contribution in [2.75, 3.05) is 14.1 Å². The van der Waals surface area contributed by atoms with Crippen LogP contribution in [0.4, 0.5) is 10.5 Å². The van der Waals surface area contributed by atoms with E-state index in [-0.39, 0.29) is 45.0 Å². The van der Waals surface area contributed by atoms with Crippen LogP contribution in [0.1, 0.15) is 16.7 Å². The van der Waals surface area contributed by atoms with Crippen LogP contribution >= 0.6 is 11.6 Å². The molecule has 0 saturated heterocycles. The second-order valence-electron chi connectivity index (χ2n) is 7.06. The zero-order chi connectivity index (χ0) is 23.6. The van der Waals surface area contributed by atoms with Crippen molar-refractivity contribution in [2.24, 2.45) is 0 Å². The van der Waals surface area contributed by atoms with Crippen molar-refractivity contribution < 1.29 is 28.8 Å². The van der Waals surface area contributed by atoms with Crippen molar-refractivity contribution in [3.63, 3.8) is 0 Å². The predicted molar refractivity (Wildman–Crippen MR) is 114 cm³/mol. The van der Waals surface area contributed by atoms with Crippen LogP contribution in [0.25, 0.3) is 11.0 Å². The highest BCUT2D eigenvalue weighted by molar-refractivity contribution is 6.33. The fraction of sp³-hybridized carbons (Fsp3) is 0.190. The van der Waals surface area contributed by atoms with Gasteiger partial charge in [0.1, 0.15) is 5.58 Å². The summed E-state index contributed by atoms with van der Waals surface area (Å²) in [4.78, 5) is 47.7. The Bertz CT molecular complexity index is 1300. The van der Waals surface area contributed by atoms with Gasteiger partial charge < -0.3 is 19.2 Å². The zero-order valence-corrected chi connectivity index (χ0v) is 17.7. The average Bonchev–Trinajstić information content (AvgIpc) is 2.71. The number of nitro groups is 1. The van der Waals surface area contributed by atoms with Gasteiger partial charge in [-0.15, -0.1) is 0 Å². The third-order valence-electron chi connectivity index (χ3n) is 4.57. The Labute approximate surface area is 185 Å². The van der Waals surface area contributed by atoms with Crippen molar-refractivity contribution >= 4 is 40.3 Å². The smallest absolute Gasteiger partial charge is 0.414 e. The van der Waals surface area contributed by atoms with Crippen molar-refractivity contribution in [1.29, 1.82) is 0 Å². The molecule has 0 atom stereocenters. The summed E-state index contributed by atoms with van der Waals surface area (Å²) in [6.07, 6.45) is -1.31. The molecule has 1 amide bonds. The minimum absolute atomic E-state index is 0.00878. The quantitative estimate of drug-likeness (QED) is 0.334. The number of carboxylic acids is 1. The van der Waals surface area contributed by atoms with E-state index < -0.39 is 29.0 Å². The number of benzene rings is 2. The van der Waals surface area contributed by atoms with Gasteiger partial charge in [0.05, 0.1) is 16.4 Å². The van der Waals surface area contributed by atoms with E-state index in [1.807, 2.05) is 0 Å². The molecule has 166 valence electrons. The lowest BCUT2D eigenvalue weighted by Gasteiger charge is -2.14. The third-order valence-corrected chi connectivity index (χ3v) is 4.86. The van der Waals surface area contributed by atoms with Gasteiger partial charge in [-0.25, -0.2) is 9.59 Å². The van der Waals surface area contributed by atoms with Gasteiger partial charge >= 0.3 is 17.7 Å². The minimum Gasteiger partial charge on any atom is -0.481 e. The average molecular weight is 461 g/mol. The van der Waals surface area contributed by atoms with E-state index in [0.717, 1.165) is 0 Å². The Morgan fingerprint density at radius 2 is 1.94 bits per heavy atom. The molecule has 1 aromatic heterocycles. The van der Waals surface area contributed by atoms with Crippen molar-refractivity contribution in [3.05, 3.63) is 78.6 Å². The van der Waals surface area contributed by atoms with Crippen molar-refractivity contribution in [2.45, 2.75) is 12.8 Å². The fourth-order valence-corrected chi connectivity index (χ4v) is 3.28. The molecule has 10 nitrogen and oxygen atoms in total. The minimum atomic E-state index is -1.20. The van der Waals surface area contributed by atoms with E-state index in [1.165, 1.54) is 49.3 Å². The predicted octanol–water partition coefficient (Wildman–Crippen LogP) is 3.63. The second-order valence-corrected chi connectivity index (χ2v) is 7.47. The zero-order valence-electron chi connectivity index (χ0n) is 17.0. The fourth-order valence-electron chi connectivity index (χ4n) is 3.08. The number of ether oxygens (including phenoxy) is 1. The standard InChI is InChI=1S/C21H17ClN2O8/c1-23(2)21(28)32-18-10-17-14(8-16(18)22)13(9-19(25)26)15(20(27)31-17)7-11-4-3-5-12(6-11)24(29)30/h3-6,8,10H,7,9H2,1-2H3,(H,25,26). The summed E-state index contributed by atoms with van der Waals surface area (Å²) in [5, 5.41) is 20.7. The Hall–Kier alpha value is -3.92. The van der Waals surface area contributed by atoms with Gasteiger partial charge in [-0.2, -0.15) is 0 Å². The molecular weight excluding hydrogens is 444 g/mol. The molecule has 1 heterocycles. The van der Waals surface area contributed by atoms with E-state index >= 15 is 0 Å². The molecule has 0 fully saturated rings. The van der Waals surface area contributed by atoms with Crippen molar-refractivity contribution in [1.82, 2.24) is 4.90 Å². The first-order valence-electron chi connectivity index (χ1n) is 9.19. The van der Waals surface area contributed by atoms with Crippen molar-refractivity contribution in [3.8, 4) is 5.75 Å². The topological polar surface area (TPSA) is 140 Å². The summed E-state index contributed by atoms with van der Waals surface area (Å²) in [6.45, 7) is 0. The summed E-state index contributed by atoms with van der Waals surface area (Å²) in [5.41, 5.74) is -0.368. The largest absolute Gasteiger partial charge is 0.481 e. The van der Waals surface area contributed by atoms with E-state index in [2.05, 4.69) is 0 Å². The summed E-state index contributed by atoms with van der Waals surface area (Å²) in [5.74, 6) is -1.26. The molecule has 0 spiro atoms. The molecule has 0 aliphatic rings. The SMILES string of the molecule is CN(C)C(=O)Oc1cc2oc(=O)c(Cc3cccc([N+](=O)[O-])c3)c(CC(=O)O)c2cc1Cl. The number of hydrogen-bond acceptors (Lipinski definition) is 7. The molecule has 32 heavy (non-hydrogen) atoms. The van der Waals surface area contributed by atoms with Gasteiger partial charge in [-0.1, -0.05) is 23.7 Å². The summed E-state index contributed by atoms with van der Waals surface area (Å²) < 4.78 is 10.5. The Balaban J connectivity index is 2.16. The van der Waals surface area contributed by atoms with Gasteiger partial charge in [0.2, 0.25) is 0 Å².